The quantitative estimate of drug-likeness (QED) is 0.587. The van der Waals surface area contributed by atoms with Crippen LogP contribution < -0.4 is 5.32 Å². The molecule has 0 fully saturated rings. The van der Waals surface area contributed by atoms with E-state index in [0.717, 1.165) is 28.8 Å². The molecule has 1 amide bonds. The predicted molar refractivity (Wildman–Crippen MR) is 92.6 cm³/mol. The van der Waals surface area contributed by atoms with E-state index in [4.69, 9.17) is 0 Å². The van der Waals surface area contributed by atoms with Gasteiger partial charge in [0.2, 0.25) is 5.91 Å². The van der Waals surface area contributed by atoms with E-state index in [1.807, 2.05) is 54.2 Å². The normalized spacial score (nSPS) is 10.3. The summed E-state index contributed by atoms with van der Waals surface area (Å²) in [6, 6.07) is 18.2. The molecule has 0 aromatic heterocycles. The van der Waals surface area contributed by atoms with Crippen molar-refractivity contribution in [3.63, 3.8) is 0 Å². The van der Waals surface area contributed by atoms with Crippen molar-refractivity contribution in [2.75, 3.05) is 12.3 Å². The first-order valence-corrected chi connectivity index (χ1v) is 8.71. The van der Waals surface area contributed by atoms with Crippen molar-refractivity contribution < 1.29 is 4.79 Å². The fourth-order valence-electron chi connectivity index (χ4n) is 1.86. The van der Waals surface area contributed by atoms with Crippen LogP contribution in [0.15, 0.2) is 64.0 Å². The highest BCUT2D eigenvalue weighted by Gasteiger charge is 2.02. The molecular weight excluding hydrogens is 346 g/mol. The Balaban J connectivity index is 1.60. The fraction of sp³-hybridized carbons (Fsp3) is 0.235. The molecule has 2 rings (SSSR count). The number of benzene rings is 2. The van der Waals surface area contributed by atoms with Crippen LogP contribution in [0.5, 0.6) is 0 Å². The number of hydrogen-bond donors (Lipinski definition) is 1. The maximum Gasteiger partial charge on any atom is 0.224 e. The average molecular weight is 364 g/mol. The Hall–Kier alpha value is -1.26. The number of carbonyl (C=O) groups excluding carboxylic acids is 1. The second-order valence-corrected chi connectivity index (χ2v) is 6.75. The van der Waals surface area contributed by atoms with Gasteiger partial charge in [0.25, 0.3) is 0 Å². The standard InChI is InChI=1S/C17H18BrNOS/c18-15-9-7-14(8-10-15)13-17(20)19-11-4-12-21-16-5-2-1-3-6-16/h1-3,5-10H,4,11-13H2,(H,19,20). The summed E-state index contributed by atoms with van der Waals surface area (Å²) in [5.74, 6) is 1.10. The van der Waals surface area contributed by atoms with Crippen molar-refractivity contribution in [1.29, 1.82) is 0 Å². The summed E-state index contributed by atoms with van der Waals surface area (Å²) in [5, 5.41) is 2.97. The topological polar surface area (TPSA) is 29.1 Å². The van der Waals surface area contributed by atoms with Gasteiger partial charge in [-0.25, -0.2) is 0 Å². The van der Waals surface area contributed by atoms with Gasteiger partial charge in [0, 0.05) is 15.9 Å². The van der Waals surface area contributed by atoms with E-state index >= 15 is 0 Å². The third kappa shape index (κ3) is 6.36. The maximum atomic E-state index is 11.8. The molecule has 0 bridgehead atoms. The van der Waals surface area contributed by atoms with Gasteiger partial charge in [0.15, 0.2) is 0 Å². The minimum Gasteiger partial charge on any atom is -0.356 e. The lowest BCUT2D eigenvalue weighted by molar-refractivity contribution is -0.120. The smallest absolute Gasteiger partial charge is 0.224 e. The van der Waals surface area contributed by atoms with Crippen molar-refractivity contribution in [2.45, 2.75) is 17.7 Å². The summed E-state index contributed by atoms with van der Waals surface area (Å²) >= 11 is 5.21. The fourth-order valence-corrected chi connectivity index (χ4v) is 3.00. The van der Waals surface area contributed by atoms with Crippen LogP contribution in [0, 0.1) is 0 Å². The van der Waals surface area contributed by atoms with Gasteiger partial charge < -0.3 is 5.32 Å². The summed E-state index contributed by atoms with van der Waals surface area (Å²) in [6.07, 6.45) is 1.42. The molecule has 0 saturated heterocycles. The molecule has 0 spiro atoms. The van der Waals surface area contributed by atoms with Gasteiger partial charge in [0.05, 0.1) is 6.42 Å². The van der Waals surface area contributed by atoms with Crippen molar-refractivity contribution in [3.8, 4) is 0 Å². The van der Waals surface area contributed by atoms with Gasteiger partial charge in [0.1, 0.15) is 0 Å². The maximum absolute atomic E-state index is 11.8. The number of amides is 1. The average Bonchev–Trinajstić information content (AvgIpc) is 2.50. The summed E-state index contributed by atoms with van der Waals surface area (Å²) in [6.45, 7) is 0.731. The van der Waals surface area contributed by atoms with E-state index in [1.54, 1.807) is 0 Å². The van der Waals surface area contributed by atoms with Crippen molar-refractivity contribution in [2.24, 2.45) is 0 Å². The van der Waals surface area contributed by atoms with Crippen molar-refractivity contribution in [3.05, 3.63) is 64.6 Å². The summed E-state index contributed by atoms with van der Waals surface area (Å²) in [4.78, 5) is 13.1. The zero-order chi connectivity index (χ0) is 14.9. The van der Waals surface area contributed by atoms with E-state index in [1.165, 1.54) is 4.90 Å². The zero-order valence-corrected chi connectivity index (χ0v) is 14.1. The van der Waals surface area contributed by atoms with Crippen LogP contribution in [-0.4, -0.2) is 18.2 Å². The molecule has 4 heteroatoms. The van der Waals surface area contributed by atoms with E-state index < -0.39 is 0 Å². The molecule has 0 atom stereocenters. The summed E-state index contributed by atoms with van der Waals surface area (Å²) in [5.41, 5.74) is 1.04. The first-order valence-electron chi connectivity index (χ1n) is 6.93. The Morgan fingerprint density at radius 2 is 1.76 bits per heavy atom. The molecule has 0 radical (unpaired) electrons. The first-order chi connectivity index (χ1) is 10.2. The Morgan fingerprint density at radius 3 is 2.48 bits per heavy atom. The Morgan fingerprint density at radius 1 is 1.05 bits per heavy atom. The Kier molecular flexibility index (Phi) is 6.83. The number of thioether (sulfide) groups is 1. The molecule has 110 valence electrons. The lowest BCUT2D eigenvalue weighted by atomic mass is 10.1. The van der Waals surface area contributed by atoms with Crippen molar-refractivity contribution in [1.82, 2.24) is 5.32 Å². The number of nitrogens with one attached hydrogen (secondary N) is 1. The molecule has 2 aromatic carbocycles. The molecule has 2 aromatic rings. The lowest BCUT2D eigenvalue weighted by Crippen LogP contribution is -2.26. The molecule has 0 aliphatic rings. The van der Waals surface area contributed by atoms with Gasteiger partial charge in [-0.05, 0) is 42.0 Å². The number of halogens is 1. The molecule has 0 saturated carbocycles. The van der Waals surface area contributed by atoms with Crippen LogP contribution in [0.1, 0.15) is 12.0 Å². The molecule has 0 aliphatic heterocycles. The Bertz CT molecular complexity index is 557. The number of rotatable bonds is 7. The second-order valence-electron chi connectivity index (χ2n) is 4.67. The molecule has 2 nitrogen and oxygen atoms in total. The number of carbonyl (C=O) groups is 1. The molecule has 0 heterocycles. The van der Waals surface area contributed by atoms with Crippen LogP contribution in [0.4, 0.5) is 0 Å². The largest absolute Gasteiger partial charge is 0.356 e. The van der Waals surface area contributed by atoms with Crippen LogP contribution in [0.25, 0.3) is 0 Å². The second kappa shape index (κ2) is 8.90. The zero-order valence-electron chi connectivity index (χ0n) is 11.7. The third-order valence-electron chi connectivity index (χ3n) is 2.93. The predicted octanol–water partition coefficient (Wildman–Crippen LogP) is 4.29. The molecular formula is C17H18BrNOS. The number of hydrogen-bond acceptors (Lipinski definition) is 2. The summed E-state index contributed by atoms with van der Waals surface area (Å²) in [7, 11) is 0. The van der Waals surface area contributed by atoms with Crippen molar-refractivity contribution >= 4 is 33.6 Å². The van der Waals surface area contributed by atoms with Gasteiger partial charge in [-0.2, -0.15) is 0 Å². The van der Waals surface area contributed by atoms with Crippen LogP contribution in [0.2, 0.25) is 0 Å². The SMILES string of the molecule is O=C(Cc1ccc(Br)cc1)NCCCSc1ccccc1. The van der Waals surface area contributed by atoms with Gasteiger partial charge in [-0.15, -0.1) is 11.8 Å². The first kappa shape index (κ1) is 16.1. The minimum atomic E-state index is 0.0852. The lowest BCUT2D eigenvalue weighted by Gasteiger charge is -2.05. The molecule has 21 heavy (non-hydrogen) atoms. The highest BCUT2D eigenvalue weighted by atomic mass is 79.9. The van der Waals surface area contributed by atoms with E-state index in [9.17, 15) is 4.79 Å². The van der Waals surface area contributed by atoms with Crippen LogP contribution in [-0.2, 0) is 11.2 Å². The van der Waals surface area contributed by atoms with Gasteiger partial charge in [-0.3, -0.25) is 4.79 Å². The highest BCUT2D eigenvalue weighted by molar-refractivity contribution is 9.10. The van der Waals surface area contributed by atoms with Crippen LogP contribution >= 0.6 is 27.7 Å². The van der Waals surface area contributed by atoms with Crippen LogP contribution in [0.3, 0.4) is 0 Å². The molecule has 1 N–H and O–H groups in total. The third-order valence-corrected chi connectivity index (χ3v) is 4.56. The summed E-state index contributed by atoms with van der Waals surface area (Å²) < 4.78 is 1.03. The van der Waals surface area contributed by atoms with Gasteiger partial charge >= 0.3 is 0 Å². The monoisotopic (exact) mass is 363 g/mol. The van der Waals surface area contributed by atoms with E-state index in [-0.39, 0.29) is 5.91 Å². The van der Waals surface area contributed by atoms with Gasteiger partial charge in [-0.1, -0.05) is 46.3 Å². The minimum absolute atomic E-state index is 0.0852. The Labute approximate surface area is 138 Å². The van der Waals surface area contributed by atoms with E-state index in [2.05, 4.69) is 33.4 Å². The van der Waals surface area contributed by atoms with E-state index in [0.29, 0.717) is 6.42 Å². The molecule has 0 aliphatic carbocycles. The molecule has 0 unspecified atom stereocenters. The highest BCUT2D eigenvalue weighted by Crippen LogP contribution is 2.17.